The van der Waals surface area contributed by atoms with Crippen molar-refractivity contribution in [2.45, 2.75) is 13.0 Å². The second-order valence-corrected chi connectivity index (χ2v) is 9.92. The molecule has 8 heteroatoms. The number of esters is 1. The van der Waals surface area contributed by atoms with E-state index in [1.165, 1.54) is 11.3 Å². The first-order chi connectivity index (χ1) is 16.6. The molecule has 0 saturated heterocycles. The Morgan fingerprint density at radius 1 is 1.12 bits per heavy atom. The first kappa shape index (κ1) is 22.5. The molecule has 5 rings (SSSR count). The lowest BCUT2D eigenvalue weighted by Gasteiger charge is -2.25. The molecule has 2 aromatic heterocycles. The van der Waals surface area contributed by atoms with Crippen LogP contribution in [0, 0.1) is 0 Å². The van der Waals surface area contributed by atoms with Crippen LogP contribution < -0.4 is 14.9 Å². The second kappa shape index (κ2) is 9.54. The van der Waals surface area contributed by atoms with E-state index in [-0.39, 0.29) is 12.2 Å². The van der Waals surface area contributed by atoms with E-state index in [1.54, 1.807) is 35.0 Å². The van der Waals surface area contributed by atoms with Crippen LogP contribution in [0.2, 0.25) is 5.02 Å². The summed E-state index contributed by atoms with van der Waals surface area (Å²) in [5.74, 6) is -0.502. The van der Waals surface area contributed by atoms with Gasteiger partial charge in [-0.2, -0.15) is 0 Å². The van der Waals surface area contributed by atoms with Crippen LogP contribution in [0.3, 0.4) is 0 Å². The van der Waals surface area contributed by atoms with E-state index in [9.17, 15) is 9.59 Å². The van der Waals surface area contributed by atoms with Gasteiger partial charge in [-0.15, -0.1) is 11.3 Å². The number of hydrogen-bond acceptors (Lipinski definition) is 6. The Morgan fingerprint density at radius 3 is 2.56 bits per heavy atom. The van der Waals surface area contributed by atoms with E-state index in [0.29, 0.717) is 25.6 Å². The molecule has 0 aliphatic carbocycles. The maximum Gasteiger partial charge on any atom is 0.338 e. The number of thiophene rings is 1. The van der Waals surface area contributed by atoms with Crippen LogP contribution in [0.15, 0.2) is 87.5 Å². The Kier molecular flexibility index (Phi) is 6.32. The molecule has 0 spiro atoms. The minimum Gasteiger partial charge on any atom is -0.463 e. The summed E-state index contributed by atoms with van der Waals surface area (Å²) in [5.41, 5.74) is 2.15. The molecule has 0 N–H and O–H groups in total. The Labute approximate surface area is 208 Å². The summed E-state index contributed by atoms with van der Waals surface area (Å²) in [7, 11) is 0. The topological polar surface area (TPSA) is 60.7 Å². The van der Waals surface area contributed by atoms with E-state index < -0.39 is 12.0 Å². The summed E-state index contributed by atoms with van der Waals surface area (Å²) in [4.78, 5) is 33.3. The number of nitrogens with zero attached hydrogens (tertiary/aromatic N) is 2. The van der Waals surface area contributed by atoms with Crippen molar-refractivity contribution in [3.8, 4) is 0 Å². The lowest BCUT2D eigenvalue weighted by Crippen LogP contribution is -2.39. The van der Waals surface area contributed by atoms with Crippen molar-refractivity contribution in [1.29, 1.82) is 0 Å². The molecule has 0 amide bonds. The van der Waals surface area contributed by atoms with Gasteiger partial charge in [-0.3, -0.25) is 9.36 Å². The van der Waals surface area contributed by atoms with E-state index in [4.69, 9.17) is 21.3 Å². The van der Waals surface area contributed by atoms with Gasteiger partial charge >= 0.3 is 5.97 Å². The van der Waals surface area contributed by atoms with Gasteiger partial charge in [0, 0.05) is 15.5 Å². The van der Waals surface area contributed by atoms with Crippen LogP contribution in [0.1, 0.15) is 29.0 Å². The van der Waals surface area contributed by atoms with Gasteiger partial charge < -0.3 is 4.74 Å². The number of aromatic nitrogens is 1. The molecule has 1 unspecified atom stereocenters. The van der Waals surface area contributed by atoms with Gasteiger partial charge in [0.15, 0.2) is 4.80 Å². The number of fused-ring (bicyclic) bond motifs is 1. The van der Waals surface area contributed by atoms with E-state index >= 15 is 0 Å². The smallest absolute Gasteiger partial charge is 0.338 e. The number of rotatable bonds is 5. The molecule has 0 bridgehead atoms. The fraction of sp³-hybridized carbons (Fsp3) is 0.115. The summed E-state index contributed by atoms with van der Waals surface area (Å²) in [6.45, 7) is 1.97. The Bertz CT molecular complexity index is 1550. The molecule has 3 heterocycles. The summed E-state index contributed by atoms with van der Waals surface area (Å²) in [6, 6.07) is 19.9. The molecule has 1 aliphatic rings. The van der Waals surface area contributed by atoms with Crippen molar-refractivity contribution < 1.29 is 9.53 Å². The fourth-order valence-corrected chi connectivity index (χ4v) is 5.75. The number of benzene rings is 2. The summed E-state index contributed by atoms with van der Waals surface area (Å²) in [5, 5.41) is 2.53. The standard InChI is InChI=1S/C26H19ClN2O3S2/c1-2-32-25(31)21-22(16-7-4-3-5-8-16)28-26-29(23(21)17-10-12-18(27)13-11-17)24(30)20(34-26)15-19-9-6-14-33-19/h3-15,23H,2H2,1H3/b20-15-. The van der Waals surface area contributed by atoms with Gasteiger partial charge in [0.25, 0.3) is 5.56 Å². The van der Waals surface area contributed by atoms with Crippen LogP contribution in [-0.2, 0) is 9.53 Å². The SMILES string of the molecule is CCOC(=O)C1=C(c2ccccc2)N=c2s/c(=C\c3cccs3)c(=O)n2C1c1ccc(Cl)cc1. The average molecular weight is 507 g/mol. The predicted octanol–water partition coefficient (Wildman–Crippen LogP) is 4.65. The van der Waals surface area contributed by atoms with E-state index in [0.717, 1.165) is 16.0 Å². The van der Waals surface area contributed by atoms with Gasteiger partial charge in [-0.05, 0) is 42.1 Å². The molecular formula is C26H19ClN2O3S2. The first-order valence-electron chi connectivity index (χ1n) is 10.6. The van der Waals surface area contributed by atoms with E-state index in [1.807, 2.05) is 66.1 Å². The molecule has 170 valence electrons. The number of carbonyl (C=O) groups is 1. The number of ether oxygens (including phenoxy) is 1. The highest BCUT2D eigenvalue weighted by atomic mass is 35.5. The monoisotopic (exact) mass is 506 g/mol. The first-order valence-corrected chi connectivity index (χ1v) is 12.7. The van der Waals surface area contributed by atoms with Gasteiger partial charge in [0.1, 0.15) is 0 Å². The van der Waals surface area contributed by atoms with Crippen molar-refractivity contribution in [3.05, 3.63) is 118 Å². The summed E-state index contributed by atoms with van der Waals surface area (Å²) >= 11 is 9.01. The maximum absolute atomic E-state index is 13.6. The minimum absolute atomic E-state index is 0.203. The predicted molar refractivity (Wildman–Crippen MR) is 137 cm³/mol. The molecule has 34 heavy (non-hydrogen) atoms. The fourth-order valence-electron chi connectivity index (χ4n) is 3.90. The molecule has 5 nitrogen and oxygen atoms in total. The zero-order valence-electron chi connectivity index (χ0n) is 18.1. The molecule has 0 radical (unpaired) electrons. The van der Waals surface area contributed by atoms with Crippen molar-refractivity contribution in [2.24, 2.45) is 4.99 Å². The van der Waals surface area contributed by atoms with Gasteiger partial charge in [0.05, 0.1) is 28.5 Å². The molecule has 0 fully saturated rings. The third kappa shape index (κ3) is 4.18. The third-order valence-corrected chi connectivity index (χ3v) is 7.43. The lowest BCUT2D eigenvalue weighted by atomic mass is 9.93. The van der Waals surface area contributed by atoms with Gasteiger partial charge in [0.2, 0.25) is 0 Å². The third-order valence-electron chi connectivity index (χ3n) is 5.38. The molecular weight excluding hydrogens is 488 g/mol. The van der Waals surface area contributed by atoms with Crippen LogP contribution >= 0.6 is 34.3 Å². The van der Waals surface area contributed by atoms with Crippen molar-refractivity contribution in [2.75, 3.05) is 6.61 Å². The van der Waals surface area contributed by atoms with Crippen LogP contribution in [0.4, 0.5) is 0 Å². The molecule has 2 aromatic carbocycles. The van der Waals surface area contributed by atoms with Crippen molar-refractivity contribution >= 4 is 52.0 Å². The van der Waals surface area contributed by atoms with Crippen LogP contribution in [0.25, 0.3) is 11.8 Å². The molecule has 4 aromatic rings. The summed E-state index contributed by atoms with van der Waals surface area (Å²) in [6.07, 6.45) is 1.86. The molecule has 1 atom stereocenters. The van der Waals surface area contributed by atoms with Gasteiger partial charge in [-0.1, -0.05) is 71.5 Å². The molecule has 0 saturated carbocycles. The zero-order chi connectivity index (χ0) is 23.7. The normalized spacial score (nSPS) is 15.7. The largest absolute Gasteiger partial charge is 0.463 e. The van der Waals surface area contributed by atoms with Gasteiger partial charge in [-0.25, -0.2) is 9.79 Å². The summed E-state index contributed by atoms with van der Waals surface area (Å²) < 4.78 is 7.60. The highest BCUT2D eigenvalue weighted by Crippen LogP contribution is 2.35. The highest BCUT2D eigenvalue weighted by Gasteiger charge is 2.35. The van der Waals surface area contributed by atoms with Crippen LogP contribution in [0.5, 0.6) is 0 Å². The number of hydrogen-bond donors (Lipinski definition) is 0. The number of halogens is 1. The maximum atomic E-state index is 13.6. The van der Waals surface area contributed by atoms with Crippen molar-refractivity contribution in [3.63, 3.8) is 0 Å². The van der Waals surface area contributed by atoms with Crippen molar-refractivity contribution in [1.82, 2.24) is 4.57 Å². The number of carbonyl (C=O) groups excluding carboxylic acids is 1. The Balaban J connectivity index is 1.84. The average Bonchev–Trinajstić information content (AvgIpc) is 3.47. The minimum atomic E-state index is -0.701. The zero-order valence-corrected chi connectivity index (χ0v) is 20.5. The Morgan fingerprint density at radius 2 is 1.88 bits per heavy atom. The molecule has 1 aliphatic heterocycles. The lowest BCUT2D eigenvalue weighted by molar-refractivity contribution is -0.138. The Hall–Kier alpha value is -3.26. The van der Waals surface area contributed by atoms with Crippen LogP contribution in [-0.4, -0.2) is 17.1 Å². The second-order valence-electron chi connectivity index (χ2n) is 7.50. The van der Waals surface area contributed by atoms with E-state index in [2.05, 4.69) is 0 Å². The highest BCUT2D eigenvalue weighted by molar-refractivity contribution is 7.11. The quantitative estimate of drug-likeness (QED) is 0.370. The number of thiazole rings is 1.